The lowest BCUT2D eigenvalue weighted by atomic mass is 9.74. The van der Waals surface area contributed by atoms with Crippen LogP contribution in [-0.4, -0.2) is 6.04 Å². The summed E-state index contributed by atoms with van der Waals surface area (Å²) in [4.78, 5) is 0. The van der Waals surface area contributed by atoms with Gasteiger partial charge in [-0.1, -0.05) is 19.9 Å². The summed E-state index contributed by atoms with van der Waals surface area (Å²) in [6, 6.07) is 3.94. The van der Waals surface area contributed by atoms with Gasteiger partial charge in [-0.25, -0.2) is 8.78 Å². The van der Waals surface area contributed by atoms with Gasteiger partial charge < -0.3 is 0 Å². The molecule has 0 bridgehead atoms. The van der Waals surface area contributed by atoms with Crippen LogP contribution in [0.3, 0.4) is 0 Å². The second-order valence-electron chi connectivity index (χ2n) is 6.60. The summed E-state index contributed by atoms with van der Waals surface area (Å²) in [7, 11) is 0. The van der Waals surface area contributed by atoms with E-state index < -0.39 is 11.6 Å². The van der Waals surface area contributed by atoms with Crippen molar-refractivity contribution in [3.05, 3.63) is 35.4 Å². The van der Waals surface area contributed by atoms with Crippen LogP contribution >= 0.6 is 0 Å². The number of hydrogen-bond acceptors (Lipinski definition) is 2. The standard InChI is InChI=1S/C17H26F2N2/c1-11(2)12-6-8-13(9-7-12)17(21-20)10-14-15(18)4-3-5-16(14)19/h3-5,11-13,17,21H,6-10,20H2,1-2H3. The van der Waals surface area contributed by atoms with E-state index in [2.05, 4.69) is 19.3 Å². The first kappa shape index (κ1) is 16.4. The van der Waals surface area contributed by atoms with Crippen molar-refractivity contribution >= 4 is 0 Å². The molecule has 2 nitrogen and oxygen atoms in total. The van der Waals surface area contributed by atoms with Crippen molar-refractivity contribution < 1.29 is 8.78 Å². The Morgan fingerprint density at radius 2 is 1.62 bits per heavy atom. The lowest BCUT2D eigenvalue weighted by Crippen LogP contribution is -2.44. The molecule has 1 aromatic carbocycles. The Hall–Kier alpha value is -1.00. The highest BCUT2D eigenvalue weighted by molar-refractivity contribution is 5.21. The van der Waals surface area contributed by atoms with Crippen LogP contribution in [0.2, 0.25) is 0 Å². The molecule has 0 aliphatic heterocycles. The van der Waals surface area contributed by atoms with Gasteiger partial charge in [0.2, 0.25) is 0 Å². The molecule has 1 aliphatic rings. The van der Waals surface area contributed by atoms with Gasteiger partial charge in [0.25, 0.3) is 0 Å². The number of rotatable bonds is 5. The summed E-state index contributed by atoms with van der Waals surface area (Å²) in [5.74, 6) is 6.56. The zero-order valence-corrected chi connectivity index (χ0v) is 12.9. The minimum Gasteiger partial charge on any atom is -0.271 e. The maximum atomic E-state index is 13.8. The van der Waals surface area contributed by atoms with E-state index in [-0.39, 0.29) is 11.6 Å². The SMILES string of the molecule is CC(C)C1CCC(C(Cc2c(F)cccc2F)NN)CC1. The molecule has 1 saturated carbocycles. The van der Waals surface area contributed by atoms with Crippen LogP contribution in [0.15, 0.2) is 18.2 Å². The zero-order valence-electron chi connectivity index (χ0n) is 12.9. The van der Waals surface area contributed by atoms with Crippen LogP contribution < -0.4 is 11.3 Å². The third kappa shape index (κ3) is 4.01. The third-order valence-electron chi connectivity index (χ3n) is 5.03. The number of nitrogens with one attached hydrogen (secondary N) is 1. The van der Waals surface area contributed by atoms with E-state index >= 15 is 0 Å². The molecule has 1 aromatic rings. The minimum absolute atomic E-state index is 0.0653. The summed E-state index contributed by atoms with van der Waals surface area (Å²) in [6.45, 7) is 4.52. The van der Waals surface area contributed by atoms with E-state index in [1.807, 2.05) is 0 Å². The zero-order chi connectivity index (χ0) is 15.4. The molecule has 0 saturated heterocycles. The Kier molecular flexibility index (Phi) is 5.71. The number of nitrogens with two attached hydrogens (primary N) is 1. The molecule has 1 unspecified atom stereocenters. The van der Waals surface area contributed by atoms with Crippen LogP contribution in [0.4, 0.5) is 8.78 Å². The average molecular weight is 296 g/mol. The molecule has 0 aromatic heterocycles. The molecule has 0 radical (unpaired) electrons. The van der Waals surface area contributed by atoms with Crippen molar-refractivity contribution in [2.45, 2.75) is 52.0 Å². The molecular weight excluding hydrogens is 270 g/mol. The number of benzene rings is 1. The predicted molar refractivity (Wildman–Crippen MR) is 81.5 cm³/mol. The van der Waals surface area contributed by atoms with Crippen LogP contribution in [-0.2, 0) is 6.42 Å². The Morgan fingerprint density at radius 1 is 1.10 bits per heavy atom. The van der Waals surface area contributed by atoms with Crippen molar-refractivity contribution in [2.24, 2.45) is 23.6 Å². The van der Waals surface area contributed by atoms with Crippen LogP contribution in [0.25, 0.3) is 0 Å². The van der Waals surface area contributed by atoms with Gasteiger partial charge in [0.1, 0.15) is 11.6 Å². The number of hydrazine groups is 1. The Bertz CT molecular complexity index is 434. The molecule has 0 heterocycles. The molecule has 2 rings (SSSR count). The van der Waals surface area contributed by atoms with Crippen LogP contribution in [0.1, 0.15) is 45.1 Å². The monoisotopic (exact) mass is 296 g/mol. The average Bonchev–Trinajstić information content (AvgIpc) is 2.47. The van der Waals surface area contributed by atoms with Gasteiger partial charge in [0.15, 0.2) is 0 Å². The predicted octanol–water partition coefficient (Wildman–Crippen LogP) is 3.80. The smallest absolute Gasteiger partial charge is 0.129 e. The minimum atomic E-state index is -0.480. The first-order valence-electron chi connectivity index (χ1n) is 7.92. The molecule has 1 aliphatic carbocycles. The fourth-order valence-corrected chi connectivity index (χ4v) is 3.52. The van der Waals surface area contributed by atoms with Gasteiger partial charge in [0.05, 0.1) is 0 Å². The van der Waals surface area contributed by atoms with Gasteiger partial charge in [-0.3, -0.25) is 11.3 Å². The Labute approximate surface area is 126 Å². The maximum Gasteiger partial charge on any atom is 0.129 e. The summed E-state index contributed by atoms with van der Waals surface area (Å²) >= 11 is 0. The number of hydrogen-bond donors (Lipinski definition) is 2. The molecule has 4 heteroatoms. The lowest BCUT2D eigenvalue weighted by molar-refractivity contribution is 0.187. The van der Waals surface area contributed by atoms with Crippen molar-refractivity contribution in [2.75, 3.05) is 0 Å². The molecule has 0 amide bonds. The summed E-state index contributed by atoms with van der Waals surface area (Å²) in [5.41, 5.74) is 2.93. The molecule has 1 atom stereocenters. The molecule has 118 valence electrons. The van der Waals surface area contributed by atoms with Crippen molar-refractivity contribution in [3.63, 3.8) is 0 Å². The highest BCUT2D eigenvalue weighted by atomic mass is 19.1. The van der Waals surface area contributed by atoms with Gasteiger partial charge in [-0.05, 0) is 62.0 Å². The highest BCUT2D eigenvalue weighted by Gasteiger charge is 2.29. The van der Waals surface area contributed by atoms with E-state index in [0.717, 1.165) is 18.8 Å². The van der Waals surface area contributed by atoms with Crippen molar-refractivity contribution in [1.82, 2.24) is 5.43 Å². The van der Waals surface area contributed by atoms with Gasteiger partial charge in [-0.15, -0.1) is 0 Å². The molecule has 3 N–H and O–H groups in total. The second-order valence-corrected chi connectivity index (χ2v) is 6.60. The lowest BCUT2D eigenvalue weighted by Gasteiger charge is -2.35. The molecule has 1 fully saturated rings. The van der Waals surface area contributed by atoms with E-state index in [1.165, 1.54) is 31.0 Å². The summed E-state index contributed by atoms with van der Waals surface area (Å²) in [6.07, 6.45) is 4.83. The van der Waals surface area contributed by atoms with Crippen LogP contribution in [0, 0.1) is 29.4 Å². The second kappa shape index (κ2) is 7.32. The molecule has 0 spiro atoms. The highest BCUT2D eigenvalue weighted by Crippen LogP contribution is 2.35. The first-order valence-corrected chi connectivity index (χ1v) is 7.92. The van der Waals surface area contributed by atoms with Gasteiger partial charge in [0, 0.05) is 11.6 Å². The number of halogens is 2. The molecular formula is C17H26F2N2. The third-order valence-corrected chi connectivity index (χ3v) is 5.03. The fraction of sp³-hybridized carbons (Fsp3) is 0.647. The van der Waals surface area contributed by atoms with E-state index in [1.54, 1.807) is 0 Å². The quantitative estimate of drug-likeness (QED) is 0.640. The van der Waals surface area contributed by atoms with Gasteiger partial charge >= 0.3 is 0 Å². The fourth-order valence-electron chi connectivity index (χ4n) is 3.52. The maximum absolute atomic E-state index is 13.8. The van der Waals surface area contributed by atoms with Gasteiger partial charge in [-0.2, -0.15) is 0 Å². The van der Waals surface area contributed by atoms with Crippen LogP contribution in [0.5, 0.6) is 0 Å². The van der Waals surface area contributed by atoms with E-state index in [4.69, 9.17) is 5.84 Å². The largest absolute Gasteiger partial charge is 0.271 e. The molecule has 21 heavy (non-hydrogen) atoms. The van der Waals surface area contributed by atoms with E-state index in [9.17, 15) is 8.78 Å². The first-order chi connectivity index (χ1) is 10.0. The van der Waals surface area contributed by atoms with Crippen molar-refractivity contribution in [3.8, 4) is 0 Å². The normalized spacial score (nSPS) is 24.3. The Balaban J connectivity index is 2.01. The van der Waals surface area contributed by atoms with E-state index in [0.29, 0.717) is 18.3 Å². The summed E-state index contributed by atoms with van der Waals surface area (Å²) < 4.78 is 27.5. The van der Waals surface area contributed by atoms with Crippen molar-refractivity contribution in [1.29, 1.82) is 0 Å². The summed E-state index contributed by atoms with van der Waals surface area (Å²) in [5, 5.41) is 0. The Morgan fingerprint density at radius 3 is 2.10 bits per heavy atom. The topological polar surface area (TPSA) is 38.0 Å².